The molecule has 0 bridgehead atoms. The van der Waals surface area contributed by atoms with E-state index in [4.69, 9.17) is 14.6 Å². The summed E-state index contributed by atoms with van der Waals surface area (Å²) in [5, 5.41) is 15.6. The number of hydrogen-bond acceptors (Lipinski definition) is 5. The molecule has 2 aromatic rings. The fraction of sp³-hybridized carbons (Fsp3) is 0.412. The van der Waals surface area contributed by atoms with Gasteiger partial charge in [0.05, 0.1) is 29.6 Å². The first kappa shape index (κ1) is 18.7. The minimum atomic E-state index is -1.11. The van der Waals surface area contributed by atoms with Gasteiger partial charge in [0.2, 0.25) is 0 Å². The minimum absolute atomic E-state index is 0.473. The second-order valence-corrected chi connectivity index (χ2v) is 6.76. The monoisotopic (exact) mass is 424 g/mol. The van der Waals surface area contributed by atoms with Crippen molar-refractivity contribution in [2.24, 2.45) is 7.05 Å². The van der Waals surface area contributed by atoms with Gasteiger partial charge in [0.15, 0.2) is 0 Å². The standard InChI is InChI=1S/C17H21BrN4O4/c1-21-16(14(18)11-19-21)13-10-12(20-17(23)24)2-3-15(13)26-9-6-22-4-7-25-8-5-22/h2-3,10-11,20H,4-9H2,1H3,(H,23,24). The Morgan fingerprint density at radius 3 is 2.85 bits per heavy atom. The summed E-state index contributed by atoms with van der Waals surface area (Å²) in [6.07, 6.45) is 0.588. The number of aromatic nitrogens is 2. The van der Waals surface area contributed by atoms with Gasteiger partial charge < -0.3 is 14.6 Å². The lowest BCUT2D eigenvalue weighted by atomic mass is 10.1. The number of carbonyl (C=O) groups is 1. The summed E-state index contributed by atoms with van der Waals surface area (Å²) in [5.74, 6) is 0.679. The van der Waals surface area contributed by atoms with Gasteiger partial charge in [-0.2, -0.15) is 5.10 Å². The predicted molar refractivity (Wildman–Crippen MR) is 101 cm³/mol. The Hall–Kier alpha value is -2.10. The highest BCUT2D eigenvalue weighted by Crippen LogP contribution is 2.36. The molecule has 1 fully saturated rings. The Morgan fingerprint density at radius 2 is 2.19 bits per heavy atom. The molecule has 26 heavy (non-hydrogen) atoms. The molecular weight excluding hydrogens is 404 g/mol. The van der Waals surface area contributed by atoms with Gasteiger partial charge in [-0.05, 0) is 34.1 Å². The number of aryl methyl sites for hydroxylation is 1. The summed E-state index contributed by atoms with van der Waals surface area (Å²) < 4.78 is 13.9. The van der Waals surface area contributed by atoms with Crippen LogP contribution in [-0.2, 0) is 11.8 Å². The lowest BCUT2D eigenvalue weighted by Crippen LogP contribution is -2.38. The van der Waals surface area contributed by atoms with Crippen molar-refractivity contribution < 1.29 is 19.4 Å². The van der Waals surface area contributed by atoms with Crippen molar-refractivity contribution >= 4 is 27.7 Å². The van der Waals surface area contributed by atoms with Crippen LogP contribution in [0.2, 0.25) is 0 Å². The van der Waals surface area contributed by atoms with E-state index < -0.39 is 6.09 Å². The fourth-order valence-electron chi connectivity index (χ4n) is 2.87. The predicted octanol–water partition coefficient (Wildman–Crippen LogP) is 2.65. The number of ether oxygens (including phenoxy) is 2. The molecule has 1 aromatic carbocycles. The van der Waals surface area contributed by atoms with Gasteiger partial charge in [0, 0.05) is 37.9 Å². The molecule has 8 nitrogen and oxygen atoms in total. The van der Waals surface area contributed by atoms with Crippen LogP contribution in [0.5, 0.6) is 5.75 Å². The molecule has 1 aromatic heterocycles. The van der Waals surface area contributed by atoms with Crippen LogP contribution < -0.4 is 10.1 Å². The number of anilines is 1. The second kappa shape index (κ2) is 8.52. The third-order valence-electron chi connectivity index (χ3n) is 4.15. The Morgan fingerprint density at radius 1 is 1.42 bits per heavy atom. The molecule has 2 N–H and O–H groups in total. The van der Waals surface area contributed by atoms with E-state index in [0.717, 1.165) is 48.6 Å². The summed E-state index contributed by atoms with van der Waals surface area (Å²) in [5.41, 5.74) is 2.06. The highest BCUT2D eigenvalue weighted by Gasteiger charge is 2.17. The zero-order chi connectivity index (χ0) is 18.5. The van der Waals surface area contributed by atoms with Gasteiger partial charge in [-0.1, -0.05) is 0 Å². The normalized spacial score (nSPS) is 15.0. The summed E-state index contributed by atoms with van der Waals surface area (Å²) in [6.45, 7) is 4.67. The van der Waals surface area contributed by atoms with Crippen molar-refractivity contribution in [2.45, 2.75) is 0 Å². The lowest BCUT2D eigenvalue weighted by molar-refractivity contribution is 0.0323. The zero-order valence-electron chi connectivity index (χ0n) is 14.4. The number of benzene rings is 1. The number of amides is 1. The topological polar surface area (TPSA) is 88.9 Å². The van der Waals surface area contributed by atoms with Gasteiger partial charge in [-0.15, -0.1) is 0 Å². The first-order valence-corrected chi connectivity index (χ1v) is 9.08. The zero-order valence-corrected chi connectivity index (χ0v) is 16.0. The third kappa shape index (κ3) is 4.54. The lowest BCUT2D eigenvalue weighted by Gasteiger charge is -2.26. The van der Waals surface area contributed by atoms with Crippen molar-refractivity contribution in [3.63, 3.8) is 0 Å². The number of nitrogens with one attached hydrogen (secondary N) is 1. The van der Waals surface area contributed by atoms with Gasteiger partial charge in [0.1, 0.15) is 12.4 Å². The van der Waals surface area contributed by atoms with Crippen molar-refractivity contribution in [3.05, 3.63) is 28.9 Å². The third-order valence-corrected chi connectivity index (χ3v) is 4.73. The van der Waals surface area contributed by atoms with Crippen molar-refractivity contribution in [2.75, 3.05) is 44.8 Å². The molecule has 1 aliphatic rings. The summed E-state index contributed by atoms with van der Waals surface area (Å²) >= 11 is 3.50. The average molecular weight is 425 g/mol. The molecule has 1 aliphatic heterocycles. The van der Waals surface area contributed by atoms with Gasteiger partial charge in [-0.25, -0.2) is 4.79 Å². The number of nitrogens with zero attached hydrogens (tertiary/aromatic N) is 3. The quantitative estimate of drug-likeness (QED) is 0.740. The molecule has 1 saturated heterocycles. The van der Waals surface area contributed by atoms with E-state index in [-0.39, 0.29) is 0 Å². The van der Waals surface area contributed by atoms with Crippen LogP contribution >= 0.6 is 15.9 Å². The van der Waals surface area contributed by atoms with Crippen LogP contribution in [0.25, 0.3) is 11.3 Å². The molecule has 0 saturated carbocycles. The molecule has 0 aliphatic carbocycles. The van der Waals surface area contributed by atoms with Gasteiger partial charge in [-0.3, -0.25) is 14.9 Å². The van der Waals surface area contributed by atoms with Crippen LogP contribution in [0.4, 0.5) is 10.5 Å². The summed E-state index contributed by atoms with van der Waals surface area (Å²) in [6, 6.07) is 5.21. The molecule has 140 valence electrons. The van der Waals surface area contributed by atoms with Crippen LogP contribution in [0.15, 0.2) is 28.9 Å². The number of morpholine rings is 1. The maximum Gasteiger partial charge on any atom is 0.409 e. The van der Waals surface area contributed by atoms with Crippen LogP contribution in [0, 0.1) is 0 Å². The van der Waals surface area contributed by atoms with Gasteiger partial charge >= 0.3 is 6.09 Å². The first-order chi connectivity index (χ1) is 12.5. The molecule has 3 rings (SSSR count). The second-order valence-electron chi connectivity index (χ2n) is 5.91. The maximum atomic E-state index is 10.9. The highest BCUT2D eigenvalue weighted by molar-refractivity contribution is 9.10. The number of carboxylic acid groups (broad SMARTS) is 1. The van der Waals surface area contributed by atoms with Crippen molar-refractivity contribution in [3.8, 4) is 17.0 Å². The molecule has 0 atom stereocenters. The van der Waals surface area contributed by atoms with E-state index >= 15 is 0 Å². The molecule has 0 unspecified atom stereocenters. The SMILES string of the molecule is Cn1ncc(Br)c1-c1cc(NC(=O)O)ccc1OCCN1CCOCC1. The van der Waals surface area contributed by atoms with Crippen molar-refractivity contribution in [1.82, 2.24) is 14.7 Å². The number of halogens is 1. The fourth-order valence-corrected chi connectivity index (χ4v) is 3.43. The average Bonchev–Trinajstić information content (AvgIpc) is 2.95. The molecule has 9 heteroatoms. The highest BCUT2D eigenvalue weighted by atomic mass is 79.9. The summed E-state index contributed by atoms with van der Waals surface area (Å²) in [4.78, 5) is 13.2. The Labute approximate surface area is 159 Å². The van der Waals surface area contributed by atoms with E-state index in [1.807, 2.05) is 7.05 Å². The molecule has 1 amide bonds. The van der Waals surface area contributed by atoms with Crippen molar-refractivity contribution in [1.29, 1.82) is 0 Å². The van der Waals surface area contributed by atoms with Crippen LogP contribution in [0.1, 0.15) is 0 Å². The van der Waals surface area contributed by atoms with E-state index in [9.17, 15) is 4.79 Å². The van der Waals surface area contributed by atoms with E-state index in [0.29, 0.717) is 18.0 Å². The van der Waals surface area contributed by atoms with E-state index in [1.54, 1.807) is 29.1 Å². The van der Waals surface area contributed by atoms with Gasteiger partial charge in [0.25, 0.3) is 0 Å². The molecule has 0 radical (unpaired) electrons. The minimum Gasteiger partial charge on any atom is -0.492 e. The van der Waals surface area contributed by atoms with E-state index in [1.165, 1.54) is 0 Å². The molecule has 0 spiro atoms. The Bertz CT molecular complexity index is 755. The number of hydrogen-bond donors (Lipinski definition) is 2. The molecule has 2 heterocycles. The number of rotatable bonds is 6. The Kier molecular flexibility index (Phi) is 6.12. The molecular formula is C17H21BrN4O4. The van der Waals surface area contributed by atoms with Crippen LogP contribution in [0.3, 0.4) is 0 Å². The van der Waals surface area contributed by atoms with E-state index in [2.05, 4.69) is 31.2 Å². The summed E-state index contributed by atoms with van der Waals surface area (Å²) in [7, 11) is 1.83. The smallest absolute Gasteiger partial charge is 0.409 e. The van der Waals surface area contributed by atoms with Crippen LogP contribution in [-0.4, -0.2) is 65.3 Å². The first-order valence-electron chi connectivity index (χ1n) is 8.29. The maximum absolute atomic E-state index is 10.9. The Balaban J connectivity index is 1.80. The largest absolute Gasteiger partial charge is 0.492 e.